The molecule has 4 aromatic rings. The first-order valence-electron chi connectivity index (χ1n) is 12.5. The van der Waals surface area contributed by atoms with Gasteiger partial charge in [-0.1, -0.05) is 0 Å². The van der Waals surface area contributed by atoms with Crippen LogP contribution in [0.4, 0.5) is 21.7 Å². The second-order valence-corrected chi connectivity index (χ2v) is 10.7. The molecular weight excluding hydrogens is 472 g/mol. The molecule has 1 aliphatic heterocycles. The summed E-state index contributed by atoms with van der Waals surface area (Å²) in [4.78, 5) is 28.4. The highest BCUT2D eigenvalue weighted by Crippen LogP contribution is 2.41. The lowest BCUT2D eigenvalue weighted by Gasteiger charge is -2.28. The van der Waals surface area contributed by atoms with E-state index in [1.165, 1.54) is 0 Å². The Labute approximate surface area is 215 Å². The van der Waals surface area contributed by atoms with E-state index < -0.39 is 11.6 Å². The molecule has 2 N–H and O–H groups in total. The van der Waals surface area contributed by atoms with E-state index in [0.29, 0.717) is 36.1 Å². The number of halogens is 1. The van der Waals surface area contributed by atoms with Gasteiger partial charge in [-0.3, -0.25) is 4.79 Å². The number of nitrogens with one attached hydrogen (secondary N) is 2. The van der Waals surface area contributed by atoms with Crippen LogP contribution in [-0.2, 0) is 9.53 Å². The van der Waals surface area contributed by atoms with E-state index in [-0.39, 0.29) is 23.9 Å². The number of benzene rings is 1. The minimum atomic E-state index is -1.80. The molecule has 2 fully saturated rings. The quantitative estimate of drug-likeness (QED) is 0.374. The van der Waals surface area contributed by atoms with Gasteiger partial charge >= 0.3 is 0 Å². The zero-order valence-corrected chi connectivity index (χ0v) is 21.1. The Morgan fingerprint density at radius 2 is 1.86 bits per heavy atom. The van der Waals surface area contributed by atoms with Gasteiger partial charge in [0.25, 0.3) is 5.91 Å². The standard InChI is InChI=1S/C24H26B3FN6O3/c25-24(26,27)33-20-15-11-29-19(32-22(35)23(28)3-4-23)10-14(15)16(12-30-20)21-31-17-9-13(1-2-18(17)37-21)34-5-7-36-8-6-34/h1-2,9-12H,3-8,25-27H2,(H,30,33)(H,29,32,35). The number of rotatable bonds is 6. The maximum atomic E-state index is 14.3. The predicted octanol–water partition coefficient (Wildman–Crippen LogP) is 0.638. The van der Waals surface area contributed by atoms with Crippen molar-refractivity contribution in [1.82, 2.24) is 15.0 Å². The summed E-state index contributed by atoms with van der Waals surface area (Å²) in [5.74, 6) is 0.648. The van der Waals surface area contributed by atoms with Crippen LogP contribution >= 0.6 is 0 Å². The second kappa shape index (κ2) is 8.76. The van der Waals surface area contributed by atoms with Crippen LogP contribution in [0.3, 0.4) is 0 Å². The lowest BCUT2D eigenvalue weighted by atomic mass is 9.49. The van der Waals surface area contributed by atoms with Gasteiger partial charge in [0.1, 0.15) is 40.7 Å². The Kier molecular flexibility index (Phi) is 5.63. The van der Waals surface area contributed by atoms with E-state index in [4.69, 9.17) is 14.1 Å². The van der Waals surface area contributed by atoms with Crippen molar-refractivity contribution < 1.29 is 18.3 Å². The maximum absolute atomic E-state index is 14.3. The fraction of sp³-hybridized carbons (Fsp3) is 0.333. The van der Waals surface area contributed by atoms with Gasteiger partial charge < -0.3 is 24.7 Å². The van der Waals surface area contributed by atoms with Crippen LogP contribution in [0.25, 0.3) is 33.3 Å². The van der Waals surface area contributed by atoms with Gasteiger partial charge in [0.05, 0.1) is 18.8 Å². The molecular formula is C24H26B3FN6O3. The van der Waals surface area contributed by atoms with Crippen LogP contribution in [0, 0.1) is 0 Å². The third-order valence-corrected chi connectivity index (χ3v) is 6.58. The Balaban J connectivity index is 1.42. The first-order valence-corrected chi connectivity index (χ1v) is 12.5. The smallest absolute Gasteiger partial charge is 0.263 e. The van der Waals surface area contributed by atoms with Crippen molar-refractivity contribution in [2.75, 3.05) is 41.8 Å². The molecule has 4 heterocycles. The summed E-state index contributed by atoms with van der Waals surface area (Å²) >= 11 is 0. The molecule has 0 atom stereocenters. The number of carbonyl (C=O) groups is 1. The van der Waals surface area contributed by atoms with Crippen LogP contribution < -0.4 is 15.5 Å². The summed E-state index contributed by atoms with van der Waals surface area (Å²) in [6, 6.07) is 7.68. The zero-order valence-electron chi connectivity index (χ0n) is 21.1. The van der Waals surface area contributed by atoms with Gasteiger partial charge in [-0.15, -0.1) is 0 Å². The zero-order chi connectivity index (χ0) is 25.8. The van der Waals surface area contributed by atoms with E-state index >= 15 is 0 Å². The van der Waals surface area contributed by atoms with Crippen molar-refractivity contribution in [3.8, 4) is 11.5 Å². The van der Waals surface area contributed by atoms with Gasteiger partial charge in [0, 0.05) is 41.9 Å². The Hall–Kier alpha value is -3.60. The number of anilines is 3. The number of hydrogen-bond acceptors (Lipinski definition) is 8. The van der Waals surface area contributed by atoms with Crippen molar-refractivity contribution in [2.45, 2.75) is 23.7 Å². The number of amides is 1. The highest BCUT2D eigenvalue weighted by Gasteiger charge is 2.51. The molecule has 1 saturated heterocycles. The van der Waals surface area contributed by atoms with Crippen molar-refractivity contribution in [3.05, 3.63) is 36.7 Å². The number of nitrogens with zero attached hydrogens (tertiary/aromatic N) is 4. The van der Waals surface area contributed by atoms with E-state index in [1.54, 1.807) is 18.5 Å². The first-order chi connectivity index (χ1) is 17.7. The van der Waals surface area contributed by atoms with Gasteiger partial charge in [-0.25, -0.2) is 19.3 Å². The van der Waals surface area contributed by atoms with Crippen molar-refractivity contribution in [1.29, 1.82) is 0 Å². The first kappa shape index (κ1) is 23.8. The molecule has 1 aromatic carbocycles. The Morgan fingerprint density at radius 3 is 2.59 bits per heavy atom. The molecule has 1 aliphatic carbocycles. The summed E-state index contributed by atoms with van der Waals surface area (Å²) in [7, 11) is 6.12. The molecule has 37 heavy (non-hydrogen) atoms. The third kappa shape index (κ3) is 4.75. The number of pyridine rings is 2. The van der Waals surface area contributed by atoms with Crippen molar-refractivity contribution in [3.63, 3.8) is 0 Å². The molecule has 3 aromatic heterocycles. The molecule has 2 aliphatic rings. The van der Waals surface area contributed by atoms with Crippen molar-refractivity contribution in [2.24, 2.45) is 0 Å². The maximum Gasteiger partial charge on any atom is 0.263 e. The van der Waals surface area contributed by atoms with E-state index in [2.05, 4.69) is 25.5 Å². The lowest BCUT2D eigenvalue weighted by molar-refractivity contribution is -0.122. The number of ether oxygens (including phenoxy) is 1. The van der Waals surface area contributed by atoms with Gasteiger partial charge in [0.2, 0.25) is 5.89 Å². The molecule has 0 spiro atoms. The van der Waals surface area contributed by atoms with Crippen LogP contribution in [0.15, 0.2) is 41.1 Å². The number of hydrogen-bond donors (Lipinski definition) is 2. The highest BCUT2D eigenvalue weighted by molar-refractivity contribution is 6.60. The third-order valence-electron chi connectivity index (χ3n) is 6.58. The number of fused-ring (bicyclic) bond motifs is 2. The number of morpholine rings is 1. The summed E-state index contributed by atoms with van der Waals surface area (Å²) in [6.07, 6.45) is 3.80. The molecule has 0 radical (unpaired) electrons. The number of oxazole rings is 1. The molecule has 1 amide bonds. The summed E-state index contributed by atoms with van der Waals surface area (Å²) < 4.78 is 25.9. The SMILES string of the molecule is BC(B)(B)Nc1ncc(-c2nc3cc(N4CCOCC4)ccc3o2)c2cc(NC(=O)C3(F)CC3)ncc12. The monoisotopic (exact) mass is 498 g/mol. The van der Waals surface area contributed by atoms with Crippen LogP contribution in [0.1, 0.15) is 12.8 Å². The Bertz CT molecular complexity index is 1520. The van der Waals surface area contributed by atoms with Gasteiger partial charge in [0.15, 0.2) is 11.3 Å². The summed E-state index contributed by atoms with van der Waals surface area (Å²) in [5.41, 5.74) is 1.32. The molecule has 6 rings (SSSR count). The average Bonchev–Trinajstić information content (AvgIpc) is 3.49. The van der Waals surface area contributed by atoms with E-state index in [9.17, 15) is 9.18 Å². The molecule has 186 valence electrons. The fourth-order valence-corrected chi connectivity index (χ4v) is 4.44. The molecule has 1 saturated carbocycles. The summed E-state index contributed by atoms with van der Waals surface area (Å²) in [5, 5.41) is 7.25. The highest BCUT2D eigenvalue weighted by atomic mass is 19.1. The predicted molar refractivity (Wildman–Crippen MR) is 149 cm³/mol. The van der Waals surface area contributed by atoms with E-state index in [0.717, 1.165) is 35.1 Å². The molecule has 9 nitrogen and oxygen atoms in total. The van der Waals surface area contributed by atoms with Gasteiger partial charge in [-0.2, -0.15) is 0 Å². The van der Waals surface area contributed by atoms with Crippen LogP contribution in [0.2, 0.25) is 0 Å². The number of carbonyl (C=O) groups excluding carboxylic acids is 1. The lowest BCUT2D eigenvalue weighted by Crippen LogP contribution is -2.40. The molecule has 13 heteroatoms. The average molecular weight is 498 g/mol. The topological polar surface area (TPSA) is 105 Å². The van der Waals surface area contributed by atoms with Gasteiger partial charge in [-0.05, 0) is 42.3 Å². The summed E-state index contributed by atoms with van der Waals surface area (Å²) in [6.45, 7) is 3.06. The minimum Gasteiger partial charge on any atom is -0.436 e. The van der Waals surface area contributed by atoms with Crippen LogP contribution in [-0.4, -0.2) is 81.6 Å². The minimum absolute atomic E-state index is 0.233. The number of alkyl halides is 1. The Morgan fingerprint density at radius 1 is 1.08 bits per heavy atom. The largest absolute Gasteiger partial charge is 0.436 e. The fourth-order valence-electron chi connectivity index (χ4n) is 4.44. The van der Waals surface area contributed by atoms with Crippen LogP contribution in [0.5, 0.6) is 0 Å². The molecule has 0 bridgehead atoms. The number of aromatic nitrogens is 3. The van der Waals surface area contributed by atoms with Crippen molar-refractivity contribution >= 4 is 68.6 Å². The normalized spacial score (nSPS) is 17.2. The molecule has 0 unspecified atom stereocenters. The second-order valence-electron chi connectivity index (χ2n) is 10.7. The van der Waals surface area contributed by atoms with E-state index in [1.807, 2.05) is 41.7 Å².